The summed E-state index contributed by atoms with van der Waals surface area (Å²) in [5.41, 5.74) is 1.22. The minimum absolute atomic E-state index is 0.128. The lowest BCUT2D eigenvalue weighted by atomic mass is 10.0. The summed E-state index contributed by atoms with van der Waals surface area (Å²) in [4.78, 5) is 32.9. The third-order valence-electron chi connectivity index (χ3n) is 5.98. The topological polar surface area (TPSA) is 81.8 Å². The molecule has 1 amide bonds. The van der Waals surface area contributed by atoms with Crippen molar-refractivity contribution in [2.24, 2.45) is 0 Å². The molecular weight excluding hydrogens is 458 g/mol. The summed E-state index contributed by atoms with van der Waals surface area (Å²) in [6.45, 7) is 8.65. The van der Waals surface area contributed by atoms with E-state index in [1.807, 2.05) is 13.0 Å². The number of likely N-dealkylation sites (N-methyl/N-ethyl adjacent to an activating group) is 1. The molecule has 178 valence electrons. The number of ether oxygens (including phenoxy) is 1. The van der Waals surface area contributed by atoms with Gasteiger partial charge < -0.3 is 14.5 Å². The van der Waals surface area contributed by atoms with Crippen LogP contribution in [0.3, 0.4) is 0 Å². The lowest BCUT2D eigenvalue weighted by Gasteiger charge is -2.36. The molecule has 33 heavy (non-hydrogen) atoms. The Morgan fingerprint density at radius 1 is 1.21 bits per heavy atom. The zero-order valence-corrected chi connectivity index (χ0v) is 21.4. The summed E-state index contributed by atoms with van der Waals surface area (Å²) in [5.74, 6) is 0.646. The predicted molar refractivity (Wildman–Crippen MR) is 137 cm³/mol. The molecule has 0 N–H and O–H groups in total. The van der Waals surface area contributed by atoms with E-state index < -0.39 is 0 Å². The highest BCUT2D eigenvalue weighted by Gasteiger charge is 2.33. The van der Waals surface area contributed by atoms with Crippen molar-refractivity contribution in [3.63, 3.8) is 0 Å². The maximum Gasteiger partial charge on any atom is 0.270 e. The van der Waals surface area contributed by atoms with Gasteiger partial charge in [0.2, 0.25) is 0 Å². The number of thiocarbonyl (C=S) groups is 1. The maximum atomic E-state index is 13.2. The molecule has 0 aliphatic carbocycles. The van der Waals surface area contributed by atoms with Crippen molar-refractivity contribution in [1.29, 1.82) is 5.26 Å². The van der Waals surface area contributed by atoms with Crippen molar-refractivity contribution in [2.45, 2.75) is 33.2 Å². The van der Waals surface area contributed by atoms with E-state index in [4.69, 9.17) is 17.0 Å². The van der Waals surface area contributed by atoms with Crippen molar-refractivity contribution < 1.29 is 9.53 Å². The van der Waals surface area contributed by atoms with Crippen LogP contribution in [0.25, 0.3) is 6.08 Å². The number of hydrogen-bond acceptors (Lipinski definition) is 8. The number of pyridine rings is 1. The lowest BCUT2D eigenvalue weighted by Crippen LogP contribution is -2.47. The number of aromatic nitrogens is 1. The molecular formula is C23H31N5O3S2. The number of thioether (sulfide) groups is 1. The van der Waals surface area contributed by atoms with Crippen LogP contribution in [0.1, 0.15) is 36.5 Å². The van der Waals surface area contributed by atoms with E-state index in [1.165, 1.54) is 11.8 Å². The van der Waals surface area contributed by atoms with Gasteiger partial charge in [-0.15, -0.1) is 0 Å². The fourth-order valence-corrected chi connectivity index (χ4v) is 5.42. The fraction of sp³-hybridized carbons (Fsp3) is 0.565. The van der Waals surface area contributed by atoms with Crippen LogP contribution in [0.5, 0.6) is 0 Å². The van der Waals surface area contributed by atoms with Gasteiger partial charge in [0, 0.05) is 58.5 Å². The van der Waals surface area contributed by atoms with Gasteiger partial charge >= 0.3 is 0 Å². The summed E-state index contributed by atoms with van der Waals surface area (Å²) >= 11 is 6.73. The van der Waals surface area contributed by atoms with Gasteiger partial charge in [-0.2, -0.15) is 5.26 Å². The Hall–Kier alpha value is -2.19. The Morgan fingerprint density at radius 3 is 2.52 bits per heavy atom. The van der Waals surface area contributed by atoms with Gasteiger partial charge in [-0.05, 0) is 38.5 Å². The number of nitrogens with zero attached hydrogens (tertiary/aromatic N) is 5. The first-order chi connectivity index (χ1) is 15.8. The minimum Gasteiger partial charge on any atom is -0.385 e. The number of anilines is 1. The molecule has 0 unspecified atom stereocenters. The van der Waals surface area contributed by atoms with E-state index in [2.05, 4.69) is 22.9 Å². The largest absolute Gasteiger partial charge is 0.385 e. The molecule has 3 heterocycles. The molecule has 1 aromatic heterocycles. The van der Waals surface area contributed by atoms with E-state index in [9.17, 15) is 14.9 Å². The van der Waals surface area contributed by atoms with Crippen LogP contribution in [0.2, 0.25) is 0 Å². The number of methoxy groups -OCH3 is 1. The number of hydrogen-bond donors (Lipinski definition) is 0. The van der Waals surface area contributed by atoms with Crippen LogP contribution in [-0.4, -0.2) is 78.1 Å². The first-order valence-corrected chi connectivity index (χ1v) is 12.4. The van der Waals surface area contributed by atoms with Crippen LogP contribution in [0.15, 0.2) is 9.70 Å². The van der Waals surface area contributed by atoms with Gasteiger partial charge in [-0.1, -0.05) is 30.9 Å². The van der Waals surface area contributed by atoms with E-state index in [0.29, 0.717) is 40.9 Å². The Labute approximate surface area is 204 Å². The molecule has 2 aliphatic rings. The second kappa shape index (κ2) is 11.3. The van der Waals surface area contributed by atoms with Crippen molar-refractivity contribution in [1.82, 2.24) is 14.4 Å². The molecule has 0 spiro atoms. The van der Waals surface area contributed by atoms with Gasteiger partial charge in [0.25, 0.3) is 11.5 Å². The standard InChI is InChI=1S/C23H31N5O3S2/c1-5-7-27-20(26-11-9-25(3)10-12-26)17(16(2)18(15-24)21(27)29)14-19-22(30)28(23(32)33-19)8-6-13-31-4/h14H,5-13H2,1-4H3/b19-14-. The van der Waals surface area contributed by atoms with Gasteiger partial charge in [0.05, 0.1) is 4.91 Å². The number of carbonyl (C=O) groups excluding carboxylic acids is 1. The predicted octanol–water partition coefficient (Wildman–Crippen LogP) is 2.43. The zero-order valence-electron chi connectivity index (χ0n) is 19.7. The SMILES string of the molecule is CCCn1c(N2CCN(C)CC2)c(/C=C2\SC(=S)N(CCCOC)C2=O)c(C)c(C#N)c1=O. The maximum absolute atomic E-state index is 13.2. The van der Waals surface area contributed by atoms with Gasteiger partial charge in [0.15, 0.2) is 0 Å². The molecule has 0 aromatic carbocycles. The van der Waals surface area contributed by atoms with Crippen molar-refractivity contribution in [2.75, 3.05) is 58.4 Å². The second-order valence-corrected chi connectivity index (χ2v) is 9.95. The summed E-state index contributed by atoms with van der Waals surface area (Å²) in [6, 6.07) is 2.10. The molecule has 0 saturated carbocycles. The van der Waals surface area contributed by atoms with Gasteiger partial charge in [-0.25, -0.2) is 0 Å². The molecule has 2 fully saturated rings. The Balaban J connectivity index is 2.13. The highest BCUT2D eigenvalue weighted by atomic mass is 32.2. The second-order valence-electron chi connectivity index (χ2n) is 8.28. The third kappa shape index (κ3) is 5.32. The lowest BCUT2D eigenvalue weighted by molar-refractivity contribution is -0.122. The number of carbonyl (C=O) groups is 1. The highest BCUT2D eigenvalue weighted by Crippen LogP contribution is 2.36. The van der Waals surface area contributed by atoms with Crippen LogP contribution in [0, 0.1) is 18.3 Å². The molecule has 3 rings (SSSR count). The average Bonchev–Trinajstić information content (AvgIpc) is 3.06. The van der Waals surface area contributed by atoms with Crippen LogP contribution in [-0.2, 0) is 16.1 Å². The molecule has 10 heteroatoms. The van der Waals surface area contributed by atoms with E-state index in [1.54, 1.807) is 23.5 Å². The summed E-state index contributed by atoms with van der Waals surface area (Å²) < 4.78 is 7.33. The summed E-state index contributed by atoms with van der Waals surface area (Å²) in [7, 11) is 3.71. The van der Waals surface area contributed by atoms with Gasteiger partial charge in [0.1, 0.15) is 21.8 Å². The zero-order chi connectivity index (χ0) is 24.1. The normalized spacial score (nSPS) is 18.5. The molecule has 2 aliphatic heterocycles. The Bertz CT molecular complexity index is 1050. The molecule has 2 saturated heterocycles. The van der Waals surface area contributed by atoms with Crippen LogP contribution in [0.4, 0.5) is 5.82 Å². The first kappa shape index (κ1) is 25.4. The van der Waals surface area contributed by atoms with Crippen LogP contribution < -0.4 is 10.5 Å². The summed E-state index contributed by atoms with van der Waals surface area (Å²) in [6.07, 6.45) is 3.28. The molecule has 0 bridgehead atoms. The van der Waals surface area contributed by atoms with Crippen molar-refractivity contribution in [3.8, 4) is 6.07 Å². The number of rotatable bonds is 8. The molecule has 1 aromatic rings. The van der Waals surface area contributed by atoms with E-state index in [0.717, 1.165) is 44.0 Å². The minimum atomic E-state index is -0.268. The van der Waals surface area contributed by atoms with Crippen LogP contribution >= 0.6 is 24.0 Å². The smallest absolute Gasteiger partial charge is 0.270 e. The Kier molecular flexibility index (Phi) is 8.70. The van der Waals surface area contributed by atoms with Gasteiger partial charge in [-0.3, -0.25) is 19.1 Å². The van der Waals surface area contributed by atoms with Crippen molar-refractivity contribution >= 4 is 46.1 Å². The Morgan fingerprint density at radius 2 is 1.91 bits per heavy atom. The molecule has 0 radical (unpaired) electrons. The number of nitriles is 1. The molecule has 0 atom stereocenters. The molecule has 8 nitrogen and oxygen atoms in total. The van der Waals surface area contributed by atoms with E-state index >= 15 is 0 Å². The summed E-state index contributed by atoms with van der Waals surface area (Å²) in [5, 5.41) is 9.75. The fourth-order valence-electron chi connectivity index (χ4n) is 4.13. The van der Waals surface area contributed by atoms with Crippen molar-refractivity contribution in [3.05, 3.63) is 31.9 Å². The third-order valence-corrected chi connectivity index (χ3v) is 7.35. The number of amides is 1. The quantitative estimate of drug-likeness (QED) is 0.313. The monoisotopic (exact) mass is 489 g/mol. The number of piperazine rings is 1. The highest BCUT2D eigenvalue weighted by molar-refractivity contribution is 8.26. The average molecular weight is 490 g/mol. The van der Waals surface area contributed by atoms with E-state index in [-0.39, 0.29) is 17.0 Å². The first-order valence-electron chi connectivity index (χ1n) is 11.2.